The van der Waals surface area contributed by atoms with Crippen LogP contribution in [-0.2, 0) is 32.7 Å². The second kappa shape index (κ2) is 64.4. The number of hydrogen-bond donors (Lipinski definition) is 0. The minimum Gasteiger partial charge on any atom is -0.756 e. The number of allylic oxidation sites excluding steroid dienone is 16. The van der Waals surface area contributed by atoms with E-state index in [1.807, 2.05) is 21.1 Å². The molecule has 0 aliphatic carbocycles. The average molecular weight is 1190 g/mol. The minimum atomic E-state index is -4.64. The van der Waals surface area contributed by atoms with Crippen LogP contribution in [0, 0.1) is 0 Å². The van der Waals surface area contributed by atoms with Crippen LogP contribution >= 0.6 is 7.82 Å². The topological polar surface area (TPSA) is 111 Å². The van der Waals surface area contributed by atoms with E-state index >= 15 is 0 Å². The van der Waals surface area contributed by atoms with E-state index in [0.29, 0.717) is 17.4 Å². The average Bonchev–Trinajstić information content (AvgIpc) is 3.61. The lowest BCUT2D eigenvalue weighted by Crippen LogP contribution is -2.37. The molecule has 0 amide bonds. The maximum Gasteiger partial charge on any atom is 0.306 e. The largest absolute Gasteiger partial charge is 0.756 e. The number of rotatable bonds is 64. The number of esters is 2. The third-order valence-electron chi connectivity index (χ3n) is 15.1. The highest BCUT2D eigenvalue weighted by Gasteiger charge is 2.22. The van der Waals surface area contributed by atoms with Crippen molar-refractivity contribution in [3.8, 4) is 0 Å². The molecule has 84 heavy (non-hydrogen) atoms. The molecule has 2 unspecified atom stereocenters. The second-order valence-electron chi connectivity index (χ2n) is 24.5. The Morgan fingerprint density at radius 3 is 0.952 bits per heavy atom. The van der Waals surface area contributed by atoms with E-state index < -0.39 is 26.5 Å². The molecule has 0 aliphatic rings. The first-order valence-electron chi connectivity index (χ1n) is 34.9. The molecule has 0 N–H and O–H groups in total. The number of hydrogen-bond acceptors (Lipinski definition) is 8. The second-order valence-corrected chi connectivity index (χ2v) is 25.9. The third-order valence-corrected chi connectivity index (χ3v) is 16.1. The first kappa shape index (κ1) is 80.9. The summed E-state index contributed by atoms with van der Waals surface area (Å²) < 4.78 is 34.3. The first-order chi connectivity index (χ1) is 41.0. The maximum atomic E-state index is 12.9. The maximum absolute atomic E-state index is 12.9. The number of likely N-dealkylation sites (N-methyl/N-ethyl adjacent to an activating group) is 1. The summed E-state index contributed by atoms with van der Waals surface area (Å²) >= 11 is 0. The molecule has 2 atom stereocenters. The van der Waals surface area contributed by atoms with Crippen molar-refractivity contribution in [2.24, 2.45) is 0 Å². The molecule has 0 radical (unpaired) electrons. The van der Waals surface area contributed by atoms with Crippen molar-refractivity contribution in [2.75, 3.05) is 47.5 Å². The molecule has 486 valence electrons. The highest BCUT2D eigenvalue weighted by Crippen LogP contribution is 2.38. The number of quaternary nitrogens is 1. The van der Waals surface area contributed by atoms with E-state index in [-0.39, 0.29) is 32.0 Å². The normalized spacial score (nSPS) is 13.7. The molecule has 0 aromatic rings. The molecule has 9 nitrogen and oxygen atoms in total. The quantitative estimate of drug-likeness (QED) is 0.0195. The SMILES string of the molecule is CC/C=C\C/C=C\C/C=C\C/C=C\CCCCCCCCCCCCCCCCCCCCCCC(=O)OC(COC(=O)CCCCCCCCCCCCCCCC/C=C\C/C=C\C/C=C\C/C=C\CC)COP(=O)([O-])OCC[N+](C)(C)C. The first-order valence-corrected chi connectivity index (χ1v) is 36.4. The highest BCUT2D eigenvalue weighted by atomic mass is 31.2. The van der Waals surface area contributed by atoms with Crippen LogP contribution in [0.5, 0.6) is 0 Å². The number of phosphoric ester groups is 1. The molecule has 0 saturated carbocycles. The summed E-state index contributed by atoms with van der Waals surface area (Å²) in [4.78, 5) is 38.1. The molecule has 0 fully saturated rings. The Bertz CT molecular complexity index is 1740. The van der Waals surface area contributed by atoms with Crippen molar-refractivity contribution >= 4 is 19.8 Å². The molecule has 10 heteroatoms. The number of carbonyl (C=O) groups is 2. The van der Waals surface area contributed by atoms with Gasteiger partial charge in [0, 0.05) is 12.8 Å². The molecule has 0 heterocycles. The summed E-state index contributed by atoms with van der Waals surface area (Å²) in [5.74, 6) is -0.824. The van der Waals surface area contributed by atoms with Gasteiger partial charge < -0.3 is 27.9 Å². The van der Waals surface area contributed by atoms with Gasteiger partial charge in [0.2, 0.25) is 0 Å². The van der Waals surface area contributed by atoms with Gasteiger partial charge in [-0.05, 0) is 89.9 Å². The van der Waals surface area contributed by atoms with Crippen molar-refractivity contribution in [3.63, 3.8) is 0 Å². The van der Waals surface area contributed by atoms with E-state index in [1.54, 1.807) is 0 Å². The van der Waals surface area contributed by atoms with Crippen molar-refractivity contribution in [1.82, 2.24) is 0 Å². The summed E-state index contributed by atoms with van der Waals surface area (Å²) in [6, 6.07) is 0. The Hall–Kier alpha value is -3.07. The number of ether oxygens (including phenoxy) is 2. The summed E-state index contributed by atoms with van der Waals surface area (Å²) in [5, 5.41) is 0. The van der Waals surface area contributed by atoms with E-state index in [2.05, 4.69) is 111 Å². The monoisotopic (exact) mass is 1190 g/mol. The Morgan fingerprint density at radius 2 is 0.643 bits per heavy atom. The Balaban J connectivity index is 4.02. The van der Waals surface area contributed by atoms with Gasteiger partial charge in [-0.15, -0.1) is 0 Å². The van der Waals surface area contributed by atoms with Crippen LogP contribution in [0.15, 0.2) is 97.2 Å². The van der Waals surface area contributed by atoms with Crippen molar-refractivity contribution in [2.45, 2.75) is 315 Å². The van der Waals surface area contributed by atoms with Crippen molar-refractivity contribution in [1.29, 1.82) is 0 Å². The Morgan fingerprint density at radius 1 is 0.369 bits per heavy atom. The molecule has 0 spiro atoms. The molecule has 0 aromatic carbocycles. The van der Waals surface area contributed by atoms with Gasteiger partial charge in [-0.25, -0.2) is 0 Å². The molecule has 0 bridgehead atoms. The van der Waals surface area contributed by atoms with Crippen LogP contribution in [-0.4, -0.2) is 70.0 Å². The summed E-state index contributed by atoms with van der Waals surface area (Å²) in [7, 11) is 1.17. The van der Waals surface area contributed by atoms with Gasteiger partial charge in [0.25, 0.3) is 7.82 Å². The molecule has 0 saturated heterocycles. The van der Waals surface area contributed by atoms with Gasteiger partial charge in [-0.3, -0.25) is 14.2 Å². The Kier molecular flexibility index (Phi) is 62.1. The standard InChI is InChI=1S/C74H132NO8P/c1-6-8-10-12-14-16-18-20-22-24-26-28-30-32-34-35-36-37-38-39-41-43-45-47-49-51-53-55-57-59-61-63-65-67-74(77)83-72(71-82-84(78,79)81-69-68-75(3,4)5)70-80-73(76)66-64-62-60-58-56-54-52-50-48-46-44-42-40-33-31-29-27-25-23-21-19-17-15-13-11-9-7-2/h8-11,14-17,20-23,26-29,72H,6-7,12-13,18-19,24-25,30-71H2,1-5H3/b10-8-,11-9-,16-14-,17-15-,22-20-,23-21-,28-26-,29-27-. The molecule has 0 aromatic heterocycles. The van der Waals surface area contributed by atoms with Crippen LogP contribution in [0.25, 0.3) is 0 Å². The van der Waals surface area contributed by atoms with Gasteiger partial charge in [-0.1, -0.05) is 304 Å². The van der Waals surface area contributed by atoms with Gasteiger partial charge in [-0.2, -0.15) is 0 Å². The van der Waals surface area contributed by atoms with E-state index in [0.717, 1.165) is 89.9 Å². The minimum absolute atomic E-state index is 0.0322. The van der Waals surface area contributed by atoms with Crippen LogP contribution in [0.3, 0.4) is 0 Å². The molecule has 0 aliphatic heterocycles. The fraction of sp³-hybridized carbons (Fsp3) is 0.757. The summed E-state index contributed by atoms with van der Waals surface area (Å²) in [5.41, 5.74) is 0. The molecular formula is C74H132NO8P. The van der Waals surface area contributed by atoms with Crippen LogP contribution < -0.4 is 4.89 Å². The van der Waals surface area contributed by atoms with E-state index in [4.69, 9.17) is 18.5 Å². The predicted octanol–water partition coefficient (Wildman–Crippen LogP) is 22.1. The fourth-order valence-corrected chi connectivity index (χ4v) is 10.5. The number of nitrogens with zero attached hydrogens (tertiary/aromatic N) is 1. The van der Waals surface area contributed by atoms with Crippen molar-refractivity contribution in [3.05, 3.63) is 97.2 Å². The predicted molar refractivity (Wildman–Crippen MR) is 360 cm³/mol. The lowest BCUT2D eigenvalue weighted by molar-refractivity contribution is -0.870. The van der Waals surface area contributed by atoms with Gasteiger partial charge in [0.15, 0.2) is 6.10 Å². The molecule has 0 rings (SSSR count). The van der Waals surface area contributed by atoms with Gasteiger partial charge >= 0.3 is 11.9 Å². The van der Waals surface area contributed by atoms with Crippen LogP contribution in [0.2, 0.25) is 0 Å². The zero-order valence-electron chi connectivity index (χ0n) is 55.3. The number of carbonyl (C=O) groups excluding carboxylic acids is 2. The van der Waals surface area contributed by atoms with E-state index in [9.17, 15) is 19.0 Å². The fourth-order valence-electron chi connectivity index (χ4n) is 9.82. The molecular weight excluding hydrogens is 1060 g/mol. The van der Waals surface area contributed by atoms with Crippen molar-refractivity contribution < 1.29 is 42.1 Å². The van der Waals surface area contributed by atoms with Gasteiger partial charge in [0.1, 0.15) is 19.8 Å². The van der Waals surface area contributed by atoms with Gasteiger partial charge in [0.05, 0.1) is 27.7 Å². The lowest BCUT2D eigenvalue weighted by atomic mass is 10.0. The smallest absolute Gasteiger partial charge is 0.306 e. The van der Waals surface area contributed by atoms with E-state index in [1.165, 1.54) is 186 Å². The lowest BCUT2D eigenvalue weighted by Gasteiger charge is -2.28. The zero-order valence-corrected chi connectivity index (χ0v) is 56.2. The van der Waals surface area contributed by atoms with Crippen LogP contribution in [0.1, 0.15) is 309 Å². The summed E-state index contributed by atoms with van der Waals surface area (Å²) in [6.45, 7) is 4.05. The Labute approximate surface area is 519 Å². The summed E-state index contributed by atoms with van der Waals surface area (Å²) in [6.07, 6.45) is 89.2. The third kappa shape index (κ3) is 68.0. The zero-order chi connectivity index (χ0) is 61.2. The highest BCUT2D eigenvalue weighted by molar-refractivity contribution is 7.45. The number of phosphoric acid groups is 1. The van der Waals surface area contributed by atoms with Crippen LogP contribution in [0.4, 0.5) is 0 Å². The number of unbranched alkanes of at least 4 members (excludes halogenated alkanes) is 34.